The molecule has 3 heterocycles. The first-order valence-corrected chi connectivity index (χ1v) is 11.2. The predicted molar refractivity (Wildman–Crippen MR) is 129 cm³/mol. The van der Waals surface area contributed by atoms with Crippen LogP contribution in [-0.4, -0.2) is 39.4 Å². The number of amides is 2. The highest BCUT2D eigenvalue weighted by atomic mass is 19.3. The van der Waals surface area contributed by atoms with Gasteiger partial charge in [0, 0.05) is 29.9 Å². The summed E-state index contributed by atoms with van der Waals surface area (Å²) in [5, 5.41) is 7.34. The Bertz CT molecular complexity index is 1580. The van der Waals surface area contributed by atoms with E-state index in [1.54, 1.807) is 43.3 Å². The maximum Gasteiger partial charge on any atom is 0.586 e. The number of anilines is 2. The molecule has 37 heavy (non-hydrogen) atoms. The molecule has 4 aromatic rings. The SMILES string of the molecule is CCN(C(=O)Cn1nc(C(=O)Nc2ccccn2)c2ccccc2c1=O)c1ccc2c(c1)OC(F)(F)O2. The van der Waals surface area contributed by atoms with Gasteiger partial charge < -0.3 is 19.7 Å². The van der Waals surface area contributed by atoms with Crippen molar-refractivity contribution in [3.05, 3.63) is 82.9 Å². The molecule has 0 spiro atoms. The lowest BCUT2D eigenvalue weighted by Crippen LogP contribution is -2.38. The summed E-state index contributed by atoms with van der Waals surface area (Å²) in [6.45, 7) is 1.33. The van der Waals surface area contributed by atoms with E-state index < -0.39 is 30.2 Å². The fourth-order valence-electron chi connectivity index (χ4n) is 3.94. The molecule has 188 valence electrons. The lowest BCUT2D eigenvalue weighted by Gasteiger charge is -2.21. The van der Waals surface area contributed by atoms with E-state index in [4.69, 9.17) is 0 Å². The second-order valence-corrected chi connectivity index (χ2v) is 7.96. The molecule has 0 saturated carbocycles. The first-order valence-electron chi connectivity index (χ1n) is 11.2. The number of carbonyl (C=O) groups excluding carboxylic acids is 2. The van der Waals surface area contributed by atoms with Crippen molar-refractivity contribution < 1.29 is 27.8 Å². The Balaban J connectivity index is 1.47. The number of nitrogens with one attached hydrogen (secondary N) is 1. The Morgan fingerprint density at radius 1 is 1.03 bits per heavy atom. The lowest BCUT2D eigenvalue weighted by atomic mass is 10.1. The van der Waals surface area contributed by atoms with Crippen LogP contribution < -0.4 is 25.2 Å². The molecule has 1 aliphatic heterocycles. The van der Waals surface area contributed by atoms with Crippen LogP contribution in [0.4, 0.5) is 20.3 Å². The van der Waals surface area contributed by atoms with Crippen molar-refractivity contribution >= 4 is 34.1 Å². The molecule has 12 heteroatoms. The smallest absolute Gasteiger partial charge is 0.395 e. The summed E-state index contributed by atoms with van der Waals surface area (Å²) >= 11 is 0. The van der Waals surface area contributed by atoms with Crippen LogP contribution in [0.5, 0.6) is 11.5 Å². The number of rotatable bonds is 6. The van der Waals surface area contributed by atoms with E-state index in [1.165, 1.54) is 35.4 Å². The number of halogens is 2. The van der Waals surface area contributed by atoms with E-state index in [0.717, 1.165) is 4.68 Å². The van der Waals surface area contributed by atoms with Gasteiger partial charge in [-0.2, -0.15) is 5.10 Å². The van der Waals surface area contributed by atoms with Crippen molar-refractivity contribution in [3.8, 4) is 11.5 Å². The second kappa shape index (κ2) is 9.30. The Morgan fingerprint density at radius 3 is 2.49 bits per heavy atom. The van der Waals surface area contributed by atoms with Gasteiger partial charge in [0.1, 0.15) is 12.4 Å². The van der Waals surface area contributed by atoms with Crippen LogP contribution in [0.1, 0.15) is 17.4 Å². The predicted octanol–water partition coefficient (Wildman–Crippen LogP) is 3.42. The molecule has 0 radical (unpaired) electrons. The third-order valence-corrected chi connectivity index (χ3v) is 5.59. The highest BCUT2D eigenvalue weighted by Gasteiger charge is 2.43. The highest BCUT2D eigenvalue weighted by Crippen LogP contribution is 2.42. The monoisotopic (exact) mass is 507 g/mol. The van der Waals surface area contributed by atoms with Gasteiger partial charge in [-0.05, 0) is 37.3 Å². The zero-order chi connectivity index (χ0) is 26.2. The van der Waals surface area contributed by atoms with Gasteiger partial charge in [0.25, 0.3) is 11.5 Å². The van der Waals surface area contributed by atoms with Gasteiger partial charge in [-0.1, -0.05) is 24.3 Å². The largest absolute Gasteiger partial charge is 0.586 e. The number of aromatic nitrogens is 3. The number of nitrogens with zero attached hydrogens (tertiary/aromatic N) is 4. The molecule has 1 N–H and O–H groups in total. The third-order valence-electron chi connectivity index (χ3n) is 5.59. The van der Waals surface area contributed by atoms with Crippen molar-refractivity contribution in [2.75, 3.05) is 16.8 Å². The average molecular weight is 507 g/mol. The number of fused-ring (bicyclic) bond motifs is 2. The molecule has 10 nitrogen and oxygen atoms in total. The maximum atomic E-state index is 13.4. The van der Waals surface area contributed by atoms with Gasteiger partial charge in [-0.25, -0.2) is 9.67 Å². The van der Waals surface area contributed by atoms with E-state index in [1.807, 2.05) is 0 Å². The van der Waals surface area contributed by atoms with Crippen LogP contribution in [0.2, 0.25) is 0 Å². The highest BCUT2D eigenvalue weighted by molar-refractivity contribution is 6.10. The van der Waals surface area contributed by atoms with E-state index in [-0.39, 0.29) is 40.6 Å². The summed E-state index contributed by atoms with van der Waals surface area (Å²) in [4.78, 5) is 44.7. The number of pyridine rings is 1. The summed E-state index contributed by atoms with van der Waals surface area (Å²) in [7, 11) is 0. The summed E-state index contributed by atoms with van der Waals surface area (Å²) in [5.74, 6) is -1.26. The number of benzene rings is 2. The third kappa shape index (κ3) is 4.68. The Hall–Kier alpha value is -4.87. The average Bonchev–Trinajstić information content (AvgIpc) is 3.20. The lowest BCUT2D eigenvalue weighted by molar-refractivity contribution is -0.286. The van der Waals surface area contributed by atoms with Gasteiger partial charge in [-0.3, -0.25) is 14.4 Å². The number of hydrogen-bond donors (Lipinski definition) is 1. The van der Waals surface area contributed by atoms with Crippen LogP contribution in [0.15, 0.2) is 71.7 Å². The fraction of sp³-hybridized carbons (Fsp3) is 0.160. The van der Waals surface area contributed by atoms with Crippen LogP contribution in [-0.2, 0) is 11.3 Å². The van der Waals surface area contributed by atoms with Crippen LogP contribution in [0, 0.1) is 0 Å². The van der Waals surface area contributed by atoms with E-state index >= 15 is 0 Å². The second-order valence-electron chi connectivity index (χ2n) is 7.96. The van der Waals surface area contributed by atoms with Crippen molar-refractivity contribution in [1.82, 2.24) is 14.8 Å². The van der Waals surface area contributed by atoms with Gasteiger partial charge >= 0.3 is 6.29 Å². The molecule has 2 aromatic heterocycles. The fourth-order valence-corrected chi connectivity index (χ4v) is 3.94. The molecule has 0 bridgehead atoms. The number of carbonyl (C=O) groups is 2. The zero-order valence-corrected chi connectivity index (χ0v) is 19.4. The summed E-state index contributed by atoms with van der Waals surface area (Å²) < 4.78 is 36.6. The minimum absolute atomic E-state index is 0.0676. The first kappa shape index (κ1) is 23.9. The van der Waals surface area contributed by atoms with Crippen LogP contribution in [0.3, 0.4) is 0 Å². The minimum atomic E-state index is -3.80. The summed E-state index contributed by atoms with van der Waals surface area (Å²) in [6, 6.07) is 15.4. The normalized spacial score (nSPS) is 13.4. The quantitative estimate of drug-likeness (QED) is 0.425. The molecular formula is C25H19F2N5O5. The molecule has 0 atom stereocenters. The molecule has 5 rings (SSSR count). The summed E-state index contributed by atoms with van der Waals surface area (Å²) in [6.07, 6.45) is -2.28. The van der Waals surface area contributed by atoms with Gasteiger partial charge in [-0.15, -0.1) is 8.78 Å². The summed E-state index contributed by atoms with van der Waals surface area (Å²) in [5.41, 5.74) is -0.378. The van der Waals surface area contributed by atoms with Crippen molar-refractivity contribution in [2.24, 2.45) is 0 Å². The number of alkyl halides is 2. The number of ether oxygens (including phenoxy) is 2. The molecular weight excluding hydrogens is 488 g/mol. The van der Waals surface area contributed by atoms with Crippen LogP contribution >= 0.6 is 0 Å². The molecule has 2 aromatic carbocycles. The molecule has 0 saturated heterocycles. The van der Waals surface area contributed by atoms with Crippen LogP contribution in [0.25, 0.3) is 10.8 Å². The van der Waals surface area contributed by atoms with Gasteiger partial charge in [0.05, 0.1) is 5.39 Å². The van der Waals surface area contributed by atoms with Crippen molar-refractivity contribution in [3.63, 3.8) is 0 Å². The molecule has 2 amide bonds. The Kier molecular flexibility index (Phi) is 5.99. The molecule has 0 fully saturated rings. The Labute approximate surface area is 208 Å². The topological polar surface area (TPSA) is 116 Å². The van der Waals surface area contributed by atoms with Crippen molar-refractivity contribution in [2.45, 2.75) is 19.8 Å². The van der Waals surface area contributed by atoms with Crippen molar-refractivity contribution in [1.29, 1.82) is 0 Å². The number of hydrogen-bond acceptors (Lipinski definition) is 7. The zero-order valence-electron chi connectivity index (χ0n) is 19.4. The number of likely N-dealkylation sites (N-methyl/N-ethyl adjacent to an activating group) is 1. The molecule has 0 unspecified atom stereocenters. The Morgan fingerprint density at radius 2 is 1.76 bits per heavy atom. The maximum absolute atomic E-state index is 13.4. The standard InChI is InChI=1S/C25H19F2N5O5/c1-2-31(15-10-11-18-19(13-15)37-25(26,27)36-18)21(33)14-32-24(35)17-8-4-3-7-16(17)22(30-32)23(34)29-20-9-5-6-12-28-20/h3-13H,2,14H2,1H3,(H,28,29,34). The van der Waals surface area contributed by atoms with E-state index in [2.05, 4.69) is 24.9 Å². The molecule has 0 aliphatic carbocycles. The van der Waals surface area contributed by atoms with E-state index in [0.29, 0.717) is 5.39 Å². The molecule has 1 aliphatic rings. The minimum Gasteiger partial charge on any atom is -0.395 e. The van der Waals surface area contributed by atoms with E-state index in [9.17, 15) is 23.2 Å². The van der Waals surface area contributed by atoms with Gasteiger partial charge in [0.2, 0.25) is 5.91 Å². The first-order chi connectivity index (χ1) is 17.8. The van der Waals surface area contributed by atoms with Gasteiger partial charge in [0.15, 0.2) is 17.2 Å².